The van der Waals surface area contributed by atoms with E-state index < -0.39 is 0 Å². The van der Waals surface area contributed by atoms with E-state index in [1.807, 2.05) is 38.2 Å². The second kappa shape index (κ2) is 8.96. The Morgan fingerprint density at radius 2 is 2.03 bits per heavy atom. The van der Waals surface area contributed by atoms with Crippen LogP contribution in [0.5, 0.6) is 0 Å². The summed E-state index contributed by atoms with van der Waals surface area (Å²) in [5.74, 6) is 1.33. The van der Waals surface area contributed by atoms with E-state index in [0.717, 1.165) is 54.3 Å². The molecule has 0 spiro atoms. The predicted molar refractivity (Wildman–Crippen MR) is 131 cm³/mol. The third-order valence-electron chi connectivity index (χ3n) is 6.10. The maximum Gasteiger partial charge on any atom is 0.258 e. The zero-order valence-corrected chi connectivity index (χ0v) is 19.4. The fourth-order valence-corrected chi connectivity index (χ4v) is 4.32. The van der Waals surface area contributed by atoms with Crippen LogP contribution in [0.1, 0.15) is 35.5 Å². The Morgan fingerprint density at radius 3 is 2.73 bits per heavy atom. The molecule has 5 rings (SSSR count). The van der Waals surface area contributed by atoms with Crippen LogP contribution in [-0.4, -0.2) is 43.9 Å². The molecular weight excluding hydrogens is 438 g/mol. The molecule has 1 saturated heterocycles. The van der Waals surface area contributed by atoms with Crippen molar-refractivity contribution in [2.24, 2.45) is 0 Å². The quantitative estimate of drug-likeness (QED) is 0.418. The number of nitrogens with one attached hydrogen (secondary N) is 3. The lowest BCUT2D eigenvalue weighted by Gasteiger charge is -2.25. The van der Waals surface area contributed by atoms with Gasteiger partial charge in [-0.2, -0.15) is 5.10 Å². The van der Waals surface area contributed by atoms with Crippen molar-refractivity contribution >= 4 is 28.2 Å². The Kier molecular flexibility index (Phi) is 5.86. The molecule has 0 radical (unpaired) electrons. The lowest BCUT2D eigenvalue weighted by atomic mass is 10.1. The van der Waals surface area contributed by atoms with Crippen molar-refractivity contribution in [2.75, 3.05) is 18.4 Å². The number of pyridine rings is 1. The predicted octanol–water partition coefficient (Wildman–Crippen LogP) is 3.53. The van der Waals surface area contributed by atoms with Crippen molar-refractivity contribution < 1.29 is 0 Å². The summed E-state index contributed by atoms with van der Waals surface area (Å²) in [4.78, 5) is 24.8. The lowest BCUT2D eigenvalue weighted by Crippen LogP contribution is -2.35. The lowest BCUT2D eigenvalue weighted by molar-refractivity contribution is 0.479. The van der Waals surface area contributed by atoms with E-state index in [1.165, 1.54) is 0 Å². The van der Waals surface area contributed by atoms with Gasteiger partial charge in [-0.15, -0.1) is 0 Å². The highest BCUT2D eigenvalue weighted by atomic mass is 35.5. The number of nitrogens with zero attached hydrogens (tertiary/aromatic N) is 4. The number of aromatic nitrogens is 5. The van der Waals surface area contributed by atoms with Crippen molar-refractivity contribution in [3.8, 4) is 5.82 Å². The van der Waals surface area contributed by atoms with Gasteiger partial charge in [0.2, 0.25) is 0 Å². The summed E-state index contributed by atoms with van der Waals surface area (Å²) >= 11 is 6.47. The zero-order valence-electron chi connectivity index (χ0n) is 18.7. The number of benzene rings is 1. The van der Waals surface area contributed by atoms with Gasteiger partial charge in [0.1, 0.15) is 5.82 Å². The van der Waals surface area contributed by atoms with Crippen LogP contribution in [0.25, 0.3) is 16.7 Å². The maximum absolute atomic E-state index is 12.7. The van der Waals surface area contributed by atoms with E-state index in [4.69, 9.17) is 16.6 Å². The molecule has 9 heteroatoms. The molecule has 1 fully saturated rings. The van der Waals surface area contributed by atoms with E-state index in [2.05, 4.69) is 25.7 Å². The molecule has 0 aliphatic carbocycles. The first kappa shape index (κ1) is 21.6. The van der Waals surface area contributed by atoms with Gasteiger partial charge in [0.05, 0.1) is 27.3 Å². The number of aromatic amines is 1. The smallest absolute Gasteiger partial charge is 0.258 e. The Balaban J connectivity index is 1.39. The molecule has 0 atom stereocenters. The zero-order chi connectivity index (χ0) is 22.9. The van der Waals surface area contributed by atoms with E-state index in [1.54, 1.807) is 16.9 Å². The van der Waals surface area contributed by atoms with Crippen molar-refractivity contribution in [2.45, 2.75) is 39.2 Å². The summed E-state index contributed by atoms with van der Waals surface area (Å²) in [7, 11) is 0. The van der Waals surface area contributed by atoms with Gasteiger partial charge in [-0.3, -0.25) is 4.79 Å². The van der Waals surface area contributed by atoms with Gasteiger partial charge in [0, 0.05) is 24.9 Å². The second-order valence-corrected chi connectivity index (χ2v) is 8.98. The molecule has 3 N–H and O–H groups in total. The van der Waals surface area contributed by atoms with Gasteiger partial charge in [0.15, 0.2) is 5.82 Å². The fraction of sp³-hybridized carbons (Fsp3) is 0.333. The van der Waals surface area contributed by atoms with Gasteiger partial charge in [-0.25, -0.2) is 14.6 Å². The van der Waals surface area contributed by atoms with Crippen molar-refractivity contribution in [3.63, 3.8) is 0 Å². The molecular formula is C24H26ClN7O. The van der Waals surface area contributed by atoms with Gasteiger partial charge in [-0.05, 0) is 69.1 Å². The highest BCUT2D eigenvalue weighted by Crippen LogP contribution is 2.27. The Hall–Kier alpha value is -3.23. The van der Waals surface area contributed by atoms with Crippen LogP contribution >= 0.6 is 11.6 Å². The van der Waals surface area contributed by atoms with Crippen LogP contribution in [-0.2, 0) is 6.42 Å². The second-order valence-electron chi connectivity index (χ2n) is 8.57. The minimum Gasteiger partial charge on any atom is -0.381 e. The first-order chi connectivity index (χ1) is 16.0. The number of hydrogen-bond acceptors (Lipinski definition) is 6. The molecule has 4 heterocycles. The summed E-state index contributed by atoms with van der Waals surface area (Å²) in [5.41, 5.74) is 4.29. The average Bonchev–Trinajstić information content (AvgIpc) is 3.14. The van der Waals surface area contributed by atoms with Crippen LogP contribution in [0, 0.1) is 13.8 Å². The number of fused-ring (bicyclic) bond motifs is 1. The minimum absolute atomic E-state index is 0.197. The highest BCUT2D eigenvalue weighted by molar-refractivity contribution is 6.34. The van der Waals surface area contributed by atoms with Crippen LogP contribution in [0.3, 0.4) is 0 Å². The van der Waals surface area contributed by atoms with Gasteiger partial charge in [0.25, 0.3) is 5.56 Å². The van der Waals surface area contributed by atoms with E-state index in [-0.39, 0.29) is 5.56 Å². The first-order valence-corrected chi connectivity index (χ1v) is 11.5. The van der Waals surface area contributed by atoms with E-state index >= 15 is 0 Å². The topological polar surface area (TPSA) is 101 Å². The molecule has 3 aromatic heterocycles. The highest BCUT2D eigenvalue weighted by Gasteiger charge is 2.16. The number of anilines is 1. The summed E-state index contributed by atoms with van der Waals surface area (Å²) in [6.45, 7) is 5.96. The largest absolute Gasteiger partial charge is 0.381 e. The summed E-state index contributed by atoms with van der Waals surface area (Å²) in [6.07, 6.45) is 6.28. The molecule has 1 aromatic carbocycles. The molecule has 0 unspecified atom stereocenters. The standard InChI is InChI=1S/C24H26ClN7O/c1-14-13-32(31-15(14)2)23-4-3-16(12-27-23)9-22-29-20-11-21(28-17-5-7-26-8-6-17)19(25)10-18(20)24(33)30-22/h3-4,10-13,17,26,28H,5-9H2,1-2H3,(H,29,30,33). The van der Waals surface area contributed by atoms with Gasteiger partial charge >= 0.3 is 0 Å². The number of piperidine rings is 1. The third kappa shape index (κ3) is 4.62. The molecule has 1 aliphatic rings. The normalized spacial score (nSPS) is 14.6. The van der Waals surface area contributed by atoms with Crippen LogP contribution in [0.15, 0.2) is 41.5 Å². The van der Waals surface area contributed by atoms with Crippen LogP contribution in [0.2, 0.25) is 5.02 Å². The number of halogens is 1. The summed E-state index contributed by atoms with van der Waals surface area (Å²) < 4.78 is 1.77. The molecule has 33 heavy (non-hydrogen) atoms. The fourth-order valence-electron chi connectivity index (χ4n) is 4.10. The number of hydrogen-bond donors (Lipinski definition) is 3. The number of aryl methyl sites for hydroxylation is 2. The van der Waals surface area contributed by atoms with Gasteiger partial charge < -0.3 is 15.6 Å². The minimum atomic E-state index is -0.197. The van der Waals surface area contributed by atoms with E-state index in [0.29, 0.717) is 34.2 Å². The van der Waals surface area contributed by atoms with Crippen molar-refractivity contribution in [1.29, 1.82) is 0 Å². The van der Waals surface area contributed by atoms with Crippen molar-refractivity contribution in [3.05, 3.63) is 74.7 Å². The number of H-pyrrole nitrogens is 1. The van der Waals surface area contributed by atoms with Crippen LogP contribution < -0.4 is 16.2 Å². The Labute approximate surface area is 196 Å². The van der Waals surface area contributed by atoms with Crippen LogP contribution in [0.4, 0.5) is 5.69 Å². The molecule has 1 aliphatic heterocycles. The maximum atomic E-state index is 12.7. The first-order valence-electron chi connectivity index (χ1n) is 11.1. The molecule has 170 valence electrons. The molecule has 4 aromatic rings. The summed E-state index contributed by atoms with van der Waals surface area (Å²) in [5, 5.41) is 12.4. The Bertz CT molecular complexity index is 1330. The number of rotatable bonds is 5. The molecule has 0 bridgehead atoms. The Morgan fingerprint density at radius 1 is 1.21 bits per heavy atom. The molecule has 0 saturated carbocycles. The summed E-state index contributed by atoms with van der Waals surface area (Å²) in [6, 6.07) is 7.82. The monoisotopic (exact) mass is 463 g/mol. The van der Waals surface area contributed by atoms with E-state index in [9.17, 15) is 4.79 Å². The average molecular weight is 464 g/mol. The third-order valence-corrected chi connectivity index (χ3v) is 6.41. The van der Waals surface area contributed by atoms with Gasteiger partial charge in [-0.1, -0.05) is 17.7 Å². The molecule has 8 nitrogen and oxygen atoms in total. The SMILES string of the molecule is Cc1cn(-c2ccc(Cc3nc4cc(NC5CCNCC5)c(Cl)cc4c(=O)[nH]3)cn2)nc1C. The molecule has 0 amide bonds. The van der Waals surface area contributed by atoms with Crippen molar-refractivity contribution in [1.82, 2.24) is 30.0 Å².